The van der Waals surface area contributed by atoms with Gasteiger partial charge in [0.25, 0.3) is 5.91 Å². The summed E-state index contributed by atoms with van der Waals surface area (Å²) in [4.78, 5) is 29.0. The minimum atomic E-state index is -0.435. The van der Waals surface area contributed by atoms with Gasteiger partial charge in [0.05, 0.1) is 13.2 Å². The van der Waals surface area contributed by atoms with Crippen molar-refractivity contribution in [1.82, 2.24) is 15.0 Å². The highest BCUT2D eigenvalue weighted by atomic mass is 16.5. The van der Waals surface area contributed by atoms with E-state index in [0.717, 1.165) is 5.56 Å². The number of hydrazine groups is 1. The lowest BCUT2D eigenvalue weighted by atomic mass is 10.0. The van der Waals surface area contributed by atoms with Crippen molar-refractivity contribution < 1.29 is 14.3 Å². The summed E-state index contributed by atoms with van der Waals surface area (Å²) in [6, 6.07) is 10.0. The average Bonchev–Trinajstić information content (AvgIpc) is 2.76. The van der Waals surface area contributed by atoms with E-state index in [2.05, 4.69) is 10.3 Å². The number of nitrogens with two attached hydrogens (primary N) is 1. The largest absolute Gasteiger partial charge is 0.379 e. The van der Waals surface area contributed by atoms with E-state index in [9.17, 15) is 9.59 Å². The van der Waals surface area contributed by atoms with Gasteiger partial charge in [-0.15, -0.1) is 0 Å². The van der Waals surface area contributed by atoms with Gasteiger partial charge in [-0.2, -0.15) is 0 Å². The first-order chi connectivity index (χ1) is 14.1. The standard InChI is InChI=1S/C21H27N5O3/c1-2-26(25-11-13-29-14-12-25)20(27)15-19(22)16-3-5-17(6-4-16)21(28)24-18-7-9-23-10-8-18/h3-10,19H,2,11-15,22H2,1H3,(H,23,24,28). The number of morpholine rings is 1. The molecule has 1 saturated heterocycles. The SMILES string of the molecule is CCN(C(=O)CC(N)c1ccc(C(=O)Nc2ccncc2)cc1)N1CCOCC1. The molecule has 154 valence electrons. The average molecular weight is 397 g/mol. The molecular formula is C21H27N5O3. The molecule has 29 heavy (non-hydrogen) atoms. The Morgan fingerprint density at radius 1 is 1.17 bits per heavy atom. The number of rotatable bonds is 7. The zero-order valence-corrected chi connectivity index (χ0v) is 16.6. The van der Waals surface area contributed by atoms with Gasteiger partial charge in [0.2, 0.25) is 5.91 Å². The van der Waals surface area contributed by atoms with Crippen LogP contribution in [-0.4, -0.2) is 59.7 Å². The van der Waals surface area contributed by atoms with Crippen molar-refractivity contribution >= 4 is 17.5 Å². The summed E-state index contributed by atoms with van der Waals surface area (Å²) >= 11 is 0. The van der Waals surface area contributed by atoms with E-state index in [1.807, 2.05) is 11.9 Å². The number of hydrogen-bond donors (Lipinski definition) is 2. The molecule has 8 heteroatoms. The van der Waals surface area contributed by atoms with Gasteiger partial charge in [0.1, 0.15) is 0 Å². The van der Waals surface area contributed by atoms with Crippen LogP contribution in [0.3, 0.4) is 0 Å². The number of anilines is 1. The monoisotopic (exact) mass is 397 g/mol. The molecule has 1 aromatic heterocycles. The number of carbonyl (C=O) groups is 2. The maximum Gasteiger partial charge on any atom is 0.255 e. The van der Waals surface area contributed by atoms with Gasteiger partial charge in [-0.3, -0.25) is 19.6 Å². The summed E-state index contributed by atoms with van der Waals surface area (Å²) < 4.78 is 5.35. The van der Waals surface area contributed by atoms with Gasteiger partial charge < -0.3 is 15.8 Å². The number of carbonyl (C=O) groups excluding carboxylic acids is 2. The summed E-state index contributed by atoms with van der Waals surface area (Å²) in [6.45, 7) is 5.21. The molecule has 2 amide bonds. The van der Waals surface area contributed by atoms with Gasteiger partial charge in [-0.05, 0) is 36.8 Å². The number of ether oxygens (including phenoxy) is 1. The summed E-state index contributed by atoms with van der Waals surface area (Å²) in [5, 5.41) is 6.58. The van der Waals surface area contributed by atoms with Crippen LogP contribution in [0.2, 0.25) is 0 Å². The van der Waals surface area contributed by atoms with Crippen LogP contribution >= 0.6 is 0 Å². The third-order valence-electron chi connectivity index (χ3n) is 4.85. The Balaban J connectivity index is 1.58. The first-order valence-electron chi connectivity index (χ1n) is 9.78. The number of benzene rings is 1. The second-order valence-electron chi connectivity index (χ2n) is 6.80. The van der Waals surface area contributed by atoms with Crippen LogP contribution in [0.4, 0.5) is 5.69 Å². The number of aromatic nitrogens is 1. The van der Waals surface area contributed by atoms with E-state index in [-0.39, 0.29) is 18.2 Å². The van der Waals surface area contributed by atoms with Gasteiger partial charge >= 0.3 is 0 Å². The van der Waals surface area contributed by atoms with E-state index < -0.39 is 6.04 Å². The fraction of sp³-hybridized carbons (Fsp3) is 0.381. The van der Waals surface area contributed by atoms with Crippen molar-refractivity contribution in [2.75, 3.05) is 38.2 Å². The molecule has 1 aliphatic heterocycles. The third kappa shape index (κ3) is 5.60. The smallest absolute Gasteiger partial charge is 0.255 e. The van der Waals surface area contributed by atoms with E-state index in [0.29, 0.717) is 44.1 Å². The van der Waals surface area contributed by atoms with Crippen molar-refractivity contribution in [1.29, 1.82) is 0 Å². The van der Waals surface area contributed by atoms with Crippen LogP contribution in [-0.2, 0) is 9.53 Å². The molecule has 0 spiro atoms. The molecule has 8 nitrogen and oxygen atoms in total. The molecule has 1 aliphatic rings. The van der Waals surface area contributed by atoms with E-state index in [4.69, 9.17) is 10.5 Å². The van der Waals surface area contributed by atoms with E-state index >= 15 is 0 Å². The van der Waals surface area contributed by atoms with Crippen molar-refractivity contribution in [2.24, 2.45) is 5.73 Å². The second kappa shape index (κ2) is 10.1. The quantitative estimate of drug-likeness (QED) is 0.739. The Hall–Kier alpha value is -2.81. The molecular weight excluding hydrogens is 370 g/mol. The predicted molar refractivity (Wildman–Crippen MR) is 110 cm³/mol. The van der Waals surface area contributed by atoms with Crippen LogP contribution < -0.4 is 11.1 Å². The van der Waals surface area contributed by atoms with Gasteiger partial charge in [-0.25, -0.2) is 5.01 Å². The number of hydrogen-bond acceptors (Lipinski definition) is 6. The number of nitrogens with zero attached hydrogens (tertiary/aromatic N) is 3. The minimum absolute atomic E-state index is 0.0126. The summed E-state index contributed by atoms with van der Waals surface area (Å²) in [6.07, 6.45) is 3.43. The van der Waals surface area contributed by atoms with Crippen molar-refractivity contribution in [3.63, 3.8) is 0 Å². The Kier molecular flexibility index (Phi) is 7.29. The lowest BCUT2D eigenvalue weighted by molar-refractivity contribution is -0.156. The molecule has 2 aromatic rings. The van der Waals surface area contributed by atoms with Crippen molar-refractivity contribution in [3.8, 4) is 0 Å². The van der Waals surface area contributed by atoms with Crippen LogP contribution in [0.15, 0.2) is 48.8 Å². The van der Waals surface area contributed by atoms with Crippen LogP contribution in [0.25, 0.3) is 0 Å². The topological polar surface area (TPSA) is 101 Å². The van der Waals surface area contributed by atoms with Crippen LogP contribution in [0.1, 0.15) is 35.3 Å². The Morgan fingerprint density at radius 3 is 2.45 bits per heavy atom. The molecule has 1 atom stereocenters. The molecule has 3 N–H and O–H groups in total. The highest BCUT2D eigenvalue weighted by molar-refractivity contribution is 6.04. The number of nitrogens with one attached hydrogen (secondary N) is 1. The molecule has 2 heterocycles. The first kappa shape index (κ1) is 20.9. The highest BCUT2D eigenvalue weighted by Crippen LogP contribution is 2.18. The number of amides is 2. The zero-order chi connectivity index (χ0) is 20.6. The van der Waals surface area contributed by atoms with Crippen molar-refractivity contribution in [2.45, 2.75) is 19.4 Å². The van der Waals surface area contributed by atoms with E-state index in [1.165, 1.54) is 0 Å². The Bertz CT molecular complexity index is 807. The normalized spacial score (nSPS) is 15.5. The molecule has 0 bridgehead atoms. The van der Waals surface area contributed by atoms with Crippen LogP contribution in [0.5, 0.6) is 0 Å². The highest BCUT2D eigenvalue weighted by Gasteiger charge is 2.24. The fourth-order valence-corrected chi connectivity index (χ4v) is 3.26. The fourth-order valence-electron chi connectivity index (χ4n) is 3.26. The third-order valence-corrected chi connectivity index (χ3v) is 4.85. The maximum absolute atomic E-state index is 12.7. The molecule has 1 aromatic carbocycles. The minimum Gasteiger partial charge on any atom is -0.379 e. The summed E-state index contributed by atoms with van der Waals surface area (Å²) in [5.41, 5.74) is 8.29. The zero-order valence-electron chi connectivity index (χ0n) is 16.6. The number of pyridine rings is 1. The molecule has 0 aliphatic carbocycles. The Morgan fingerprint density at radius 2 is 1.83 bits per heavy atom. The Labute approximate surface area is 170 Å². The van der Waals surface area contributed by atoms with Gasteiger partial charge in [0, 0.05) is 55.7 Å². The second-order valence-corrected chi connectivity index (χ2v) is 6.80. The molecule has 1 unspecified atom stereocenters. The maximum atomic E-state index is 12.7. The first-order valence-corrected chi connectivity index (χ1v) is 9.78. The summed E-state index contributed by atoms with van der Waals surface area (Å²) in [5.74, 6) is -0.224. The van der Waals surface area contributed by atoms with E-state index in [1.54, 1.807) is 53.8 Å². The van der Waals surface area contributed by atoms with Gasteiger partial charge in [0.15, 0.2) is 0 Å². The lowest BCUT2D eigenvalue weighted by Crippen LogP contribution is -2.51. The molecule has 0 saturated carbocycles. The lowest BCUT2D eigenvalue weighted by Gasteiger charge is -2.37. The predicted octanol–water partition coefficient (Wildman–Crippen LogP) is 1.82. The van der Waals surface area contributed by atoms with Gasteiger partial charge in [-0.1, -0.05) is 12.1 Å². The molecule has 0 radical (unpaired) electrons. The molecule has 3 rings (SSSR count). The van der Waals surface area contributed by atoms with Crippen molar-refractivity contribution in [3.05, 3.63) is 59.9 Å². The van der Waals surface area contributed by atoms with Crippen LogP contribution in [0, 0.1) is 0 Å². The summed E-state index contributed by atoms with van der Waals surface area (Å²) in [7, 11) is 0. The molecule has 1 fully saturated rings.